The zero-order valence-electron chi connectivity index (χ0n) is 21.0. The molecule has 2 N–H and O–H groups in total. The lowest BCUT2D eigenvalue weighted by molar-refractivity contribution is -0.141. The van der Waals surface area contributed by atoms with Crippen LogP contribution < -0.4 is 14.8 Å². The molecule has 0 aromatic heterocycles. The molecule has 0 radical (unpaired) electrons. The van der Waals surface area contributed by atoms with Gasteiger partial charge in [-0.05, 0) is 55.5 Å². The number of phenols is 1. The van der Waals surface area contributed by atoms with Crippen LogP contribution in [0.2, 0.25) is 0 Å². The fourth-order valence-corrected chi connectivity index (χ4v) is 3.67. The van der Waals surface area contributed by atoms with Crippen molar-refractivity contribution in [3.8, 4) is 17.2 Å². The van der Waals surface area contributed by atoms with Gasteiger partial charge in [0.1, 0.15) is 11.9 Å². The molecule has 38 heavy (non-hydrogen) atoms. The van der Waals surface area contributed by atoms with Gasteiger partial charge in [-0.3, -0.25) is 14.9 Å². The molecule has 3 aromatic carbocycles. The molecule has 0 aliphatic heterocycles. The molecule has 9 nitrogen and oxygen atoms in total. The van der Waals surface area contributed by atoms with E-state index in [9.17, 15) is 19.5 Å². The number of esters is 1. The maximum atomic E-state index is 13.0. The number of nitrogens with one attached hydrogen (secondary N) is 1. The predicted octanol–water partition coefficient (Wildman–Crippen LogP) is 5.20. The number of anilines is 1. The van der Waals surface area contributed by atoms with E-state index < -0.39 is 24.3 Å². The Morgan fingerprint density at radius 1 is 1.00 bits per heavy atom. The van der Waals surface area contributed by atoms with Gasteiger partial charge in [0.05, 0.1) is 19.5 Å². The molecule has 0 saturated carbocycles. The molecule has 3 rings (SSSR count). The van der Waals surface area contributed by atoms with E-state index in [0.717, 1.165) is 0 Å². The molecule has 0 heterocycles. The number of ketones is 1. The van der Waals surface area contributed by atoms with Crippen LogP contribution in [-0.4, -0.2) is 48.5 Å². The van der Waals surface area contributed by atoms with E-state index in [4.69, 9.17) is 18.9 Å². The molecular formula is C28H29NO8S. The van der Waals surface area contributed by atoms with Crippen molar-refractivity contribution in [2.75, 3.05) is 24.8 Å². The van der Waals surface area contributed by atoms with Gasteiger partial charge in [0.2, 0.25) is 0 Å². The van der Waals surface area contributed by atoms with Crippen molar-refractivity contribution >= 4 is 36.2 Å². The van der Waals surface area contributed by atoms with Crippen molar-refractivity contribution in [1.29, 1.82) is 0 Å². The number of rotatable bonds is 12. The number of ether oxygens (including phenoxy) is 4. The highest BCUT2D eigenvalue weighted by Gasteiger charge is 2.30. The molecule has 10 heteroatoms. The summed E-state index contributed by atoms with van der Waals surface area (Å²) in [6, 6.07) is 19.8. The molecule has 0 saturated heterocycles. The van der Waals surface area contributed by atoms with E-state index >= 15 is 0 Å². The van der Waals surface area contributed by atoms with E-state index in [0.29, 0.717) is 22.6 Å². The van der Waals surface area contributed by atoms with E-state index in [-0.39, 0.29) is 36.1 Å². The topological polar surface area (TPSA) is 120 Å². The van der Waals surface area contributed by atoms with Gasteiger partial charge in [-0.1, -0.05) is 24.3 Å². The Hall–Kier alpha value is -4.18. The van der Waals surface area contributed by atoms with Gasteiger partial charge >= 0.3 is 12.1 Å². The number of thiol groups is 1. The second-order valence-corrected chi connectivity index (χ2v) is 8.47. The molecular weight excluding hydrogens is 510 g/mol. The monoisotopic (exact) mass is 539 g/mol. The maximum Gasteiger partial charge on any atom is 0.412 e. The Bertz CT molecular complexity index is 1230. The van der Waals surface area contributed by atoms with Crippen LogP contribution in [0.5, 0.6) is 17.2 Å². The van der Waals surface area contributed by atoms with Gasteiger partial charge in [0.25, 0.3) is 0 Å². The van der Waals surface area contributed by atoms with Crippen LogP contribution in [0.4, 0.5) is 10.5 Å². The third-order valence-corrected chi connectivity index (χ3v) is 5.72. The van der Waals surface area contributed by atoms with Crippen molar-refractivity contribution in [2.45, 2.75) is 25.6 Å². The molecule has 0 aliphatic carbocycles. The minimum Gasteiger partial charge on any atom is -0.504 e. The lowest BCUT2D eigenvalue weighted by atomic mass is 10.0. The molecule has 1 amide bonds. The number of carbonyl (C=O) groups excluding carboxylic acids is 3. The van der Waals surface area contributed by atoms with Gasteiger partial charge in [0, 0.05) is 23.2 Å². The highest BCUT2D eigenvalue weighted by Crippen LogP contribution is 2.34. The van der Waals surface area contributed by atoms with Crippen molar-refractivity contribution in [3.63, 3.8) is 0 Å². The third-order valence-electron chi connectivity index (χ3n) is 5.47. The first kappa shape index (κ1) is 28.4. The summed E-state index contributed by atoms with van der Waals surface area (Å²) in [6.07, 6.45) is -2.48. The molecule has 3 aromatic rings. The number of aromatic hydroxyl groups is 1. The molecule has 200 valence electrons. The SMILES string of the molecule is COc1ccc([C@@H](OC(=O)Nc2ccc(C(C)=O)cc2)[C@@H](CCOC(=O)CS)Oc2ccccc2)cc1O. The number of phenolic OH excluding ortho intramolecular Hbond substituents is 1. The normalized spacial score (nSPS) is 12.1. The van der Waals surface area contributed by atoms with Gasteiger partial charge in [-0.15, -0.1) is 0 Å². The largest absolute Gasteiger partial charge is 0.504 e. The van der Waals surface area contributed by atoms with Crippen molar-refractivity contribution in [2.24, 2.45) is 0 Å². The Labute approximate surface area is 226 Å². The fraction of sp³-hybridized carbons (Fsp3) is 0.250. The summed E-state index contributed by atoms with van der Waals surface area (Å²) >= 11 is 3.92. The number of hydrogen-bond donors (Lipinski definition) is 3. The van der Waals surface area contributed by atoms with Crippen LogP contribution in [0.1, 0.15) is 35.4 Å². The molecule has 0 fully saturated rings. The number of benzene rings is 3. The second kappa shape index (κ2) is 13.9. The summed E-state index contributed by atoms with van der Waals surface area (Å²) in [7, 11) is 1.42. The number of Topliss-reactive ketones (excluding diaryl/α,β-unsaturated/α-hetero) is 1. The van der Waals surface area contributed by atoms with Gasteiger partial charge < -0.3 is 24.1 Å². The lowest BCUT2D eigenvalue weighted by Crippen LogP contribution is -2.32. The van der Waals surface area contributed by atoms with Crippen molar-refractivity contribution in [1.82, 2.24) is 0 Å². The number of para-hydroxylation sites is 1. The zero-order chi connectivity index (χ0) is 27.5. The number of amides is 1. The van der Waals surface area contributed by atoms with E-state index in [1.165, 1.54) is 20.1 Å². The third kappa shape index (κ3) is 8.17. The number of methoxy groups -OCH3 is 1. The van der Waals surface area contributed by atoms with Crippen molar-refractivity contribution < 1.29 is 38.4 Å². The summed E-state index contributed by atoms with van der Waals surface area (Å²) < 4.78 is 22.3. The van der Waals surface area contributed by atoms with E-state index in [1.807, 2.05) is 6.07 Å². The number of carbonyl (C=O) groups is 3. The van der Waals surface area contributed by atoms with Crippen LogP contribution in [0.25, 0.3) is 0 Å². The van der Waals surface area contributed by atoms with E-state index in [2.05, 4.69) is 17.9 Å². The Morgan fingerprint density at radius 3 is 2.32 bits per heavy atom. The molecule has 0 bridgehead atoms. The quantitative estimate of drug-likeness (QED) is 0.163. The minimum atomic E-state index is -1.03. The highest BCUT2D eigenvalue weighted by molar-refractivity contribution is 7.81. The first-order valence-electron chi connectivity index (χ1n) is 11.7. The molecule has 0 spiro atoms. The van der Waals surface area contributed by atoms with Crippen LogP contribution in [0.15, 0.2) is 72.8 Å². The highest BCUT2D eigenvalue weighted by atomic mass is 32.1. The lowest BCUT2D eigenvalue weighted by Gasteiger charge is -2.28. The zero-order valence-corrected chi connectivity index (χ0v) is 21.9. The smallest absolute Gasteiger partial charge is 0.412 e. The Balaban J connectivity index is 1.90. The van der Waals surface area contributed by atoms with Crippen LogP contribution in [0.3, 0.4) is 0 Å². The average Bonchev–Trinajstić information content (AvgIpc) is 2.92. The molecule has 2 atom stereocenters. The summed E-state index contributed by atoms with van der Waals surface area (Å²) in [6.45, 7) is 1.43. The van der Waals surface area contributed by atoms with Crippen LogP contribution >= 0.6 is 12.6 Å². The van der Waals surface area contributed by atoms with Gasteiger partial charge in [-0.2, -0.15) is 12.6 Å². The summed E-state index contributed by atoms with van der Waals surface area (Å²) in [5, 5.41) is 13.0. The fourth-order valence-electron chi connectivity index (χ4n) is 3.57. The first-order chi connectivity index (χ1) is 18.3. The van der Waals surface area contributed by atoms with Crippen LogP contribution in [-0.2, 0) is 14.3 Å². The Morgan fingerprint density at radius 2 is 1.71 bits per heavy atom. The minimum absolute atomic E-state index is 0.0208. The standard InChI is InChI=1S/C28H29NO8S/c1-18(30)19-8-11-21(12-9-19)29-28(33)37-27(20-10-13-24(34-2)23(31)16-20)25(14-15-35-26(32)17-38)36-22-6-4-3-5-7-22/h3-13,16,25,27,31,38H,14-15,17H2,1-2H3,(H,29,33)/t25-,27-/m1/s1. The predicted molar refractivity (Wildman–Crippen MR) is 144 cm³/mol. The molecule has 0 unspecified atom stereocenters. The van der Waals surface area contributed by atoms with E-state index in [1.54, 1.807) is 60.7 Å². The average molecular weight is 540 g/mol. The van der Waals surface area contributed by atoms with Gasteiger partial charge in [0.15, 0.2) is 23.4 Å². The maximum absolute atomic E-state index is 13.0. The Kier molecular flexibility index (Phi) is 10.4. The summed E-state index contributed by atoms with van der Waals surface area (Å²) in [5.41, 5.74) is 1.34. The second-order valence-electron chi connectivity index (χ2n) is 8.15. The van der Waals surface area contributed by atoms with Crippen molar-refractivity contribution in [3.05, 3.63) is 83.9 Å². The van der Waals surface area contributed by atoms with Gasteiger partial charge in [-0.25, -0.2) is 4.79 Å². The van der Waals surface area contributed by atoms with Crippen LogP contribution in [0, 0.1) is 0 Å². The number of hydrogen-bond acceptors (Lipinski definition) is 9. The first-order valence-corrected chi connectivity index (χ1v) is 12.4. The molecule has 0 aliphatic rings. The summed E-state index contributed by atoms with van der Waals surface area (Å²) in [4.78, 5) is 36.2. The summed E-state index contributed by atoms with van der Waals surface area (Å²) in [5.74, 6) is -0.0911.